The Morgan fingerprint density at radius 1 is 1.57 bits per heavy atom. The molecule has 78 valence electrons. The second-order valence-corrected chi connectivity index (χ2v) is 3.93. The SMILES string of the molecule is Cn1ccnc1[C@H](O)C1CCNCC1. The summed E-state index contributed by atoms with van der Waals surface area (Å²) in [5.41, 5.74) is 0. The highest BCUT2D eigenvalue weighted by Crippen LogP contribution is 2.27. The number of nitrogens with zero attached hydrogens (tertiary/aromatic N) is 2. The van der Waals surface area contributed by atoms with Gasteiger partial charge in [-0.3, -0.25) is 0 Å². The Morgan fingerprint density at radius 3 is 2.86 bits per heavy atom. The van der Waals surface area contributed by atoms with E-state index in [-0.39, 0.29) is 0 Å². The highest BCUT2D eigenvalue weighted by Gasteiger charge is 2.25. The molecule has 4 heteroatoms. The van der Waals surface area contributed by atoms with E-state index in [2.05, 4.69) is 10.3 Å². The predicted molar refractivity (Wildman–Crippen MR) is 53.8 cm³/mol. The van der Waals surface area contributed by atoms with Crippen molar-refractivity contribution in [1.29, 1.82) is 0 Å². The number of imidazole rings is 1. The van der Waals surface area contributed by atoms with E-state index in [1.165, 1.54) is 0 Å². The molecule has 0 amide bonds. The van der Waals surface area contributed by atoms with Gasteiger partial charge in [-0.05, 0) is 31.8 Å². The Kier molecular flexibility index (Phi) is 2.84. The summed E-state index contributed by atoms with van der Waals surface area (Å²) in [5.74, 6) is 1.15. The lowest BCUT2D eigenvalue weighted by Crippen LogP contribution is -2.31. The molecule has 2 rings (SSSR count). The van der Waals surface area contributed by atoms with Gasteiger partial charge >= 0.3 is 0 Å². The smallest absolute Gasteiger partial charge is 0.137 e. The van der Waals surface area contributed by atoms with Crippen LogP contribution in [0.15, 0.2) is 12.4 Å². The fourth-order valence-electron chi connectivity index (χ4n) is 2.03. The molecule has 1 aromatic heterocycles. The molecule has 0 bridgehead atoms. The van der Waals surface area contributed by atoms with Gasteiger partial charge in [0.15, 0.2) is 0 Å². The Balaban J connectivity index is 2.07. The first kappa shape index (κ1) is 9.68. The zero-order valence-electron chi connectivity index (χ0n) is 8.48. The molecule has 0 spiro atoms. The van der Waals surface area contributed by atoms with E-state index in [1.54, 1.807) is 6.20 Å². The zero-order chi connectivity index (χ0) is 9.97. The first-order chi connectivity index (χ1) is 6.79. The Labute approximate surface area is 84.0 Å². The molecule has 0 saturated carbocycles. The molecule has 1 aliphatic rings. The predicted octanol–water partition coefficient (Wildman–Crippen LogP) is 0.453. The van der Waals surface area contributed by atoms with E-state index < -0.39 is 6.10 Å². The second-order valence-electron chi connectivity index (χ2n) is 3.93. The Bertz CT molecular complexity index is 291. The van der Waals surface area contributed by atoms with E-state index in [0.29, 0.717) is 5.92 Å². The molecule has 2 heterocycles. The fourth-order valence-corrected chi connectivity index (χ4v) is 2.03. The van der Waals surface area contributed by atoms with Crippen LogP contribution >= 0.6 is 0 Å². The van der Waals surface area contributed by atoms with Gasteiger partial charge in [-0.1, -0.05) is 0 Å². The number of aryl methyl sites for hydroxylation is 1. The average Bonchev–Trinajstić information content (AvgIpc) is 2.65. The van der Waals surface area contributed by atoms with Crippen LogP contribution in [-0.4, -0.2) is 27.7 Å². The second kappa shape index (κ2) is 4.11. The van der Waals surface area contributed by atoms with Gasteiger partial charge in [-0.15, -0.1) is 0 Å². The fraction of sp³-hybridized carbons (Fsp3) is 0.700. The van der Waals surface area contributed by atoms with Crippen molar-refractivity contribution in [3.63, 3.8) is 0 Å². The molecular weight excluding hydrogens is 178 g/mol. The molecular formula is C10H17N3O. The molecule has 0 radical (unpaired) electrons. The number of hydrogen-bond acceptors (Lipinski definition) is 3. The van der Waals surface area contributed by atoms with Gasteiger partial charge in [0.1, 0.15) is 11.9 Å². The average molecular weight is 195 g/mol. The standard InChI is InChI=1S/C10H17N3O/c1-13-7-6-12-10(13)9(14)8-2-4-11-5-3-8/h6-9,11,14H,2-5H2,1H3/t9-/m1/s1. The van der Waals surface area contributed by atoms with Crippen molar-refractivity contribution in [1.82, 2.24) is 14.9 Å². The molecule has 0 aliphatic carbocycles. The van der Waals surface area contributed by atoms with Crippen LogP contribution in [0.25, 0.3) is 0 Å². The third kappa shape index (κ3) is 1.81. The van der Waals surface area contributed by atoms with Crippen LogP contribution in [0, 0.1) is 5.92 Å². The summed E-state index contributed by atoms with van der Waals surface area (Å²) in [6.45, 7) is 2.01. The summed E-state index contributed by atoms with van der Waals surface area (Å²) < 4.78 is 1.90. The van der Waals surface area contributed by atoms with Crippen LogP contribution < -0.4 is 5.32 Å². The van der Waals surface area contributed by atoms with E-state index in [0.717, 1.165) is 31.8 Å². The normalized spacial score (nSPS) is 21.0. The first-order valence-corrected chi connectivity index (χ1v) is 5.15. The molecule has 1 atom stereocenters. The zero-order valence-corrected chi connectivity index (χ0v) is 8.48. The maximum atomic E-state index is 10.1. The van der Waals surface area contributed by atoms with Gasteiger partial charge in [0.05, 0.1) is 0 Å². The Morgan fingerprint density at radius 2 is 2.29 bits per heavy atom. The van der Waals surface area contributed by atoms with Crippen molar-refractivity contribution in [2.75, 3.05) is 13.1 Å². The van der Waals surface area contributed by atoms with Gasteiger partial charge in [0.25, 0.3) is 0 Å². The van der Waals surface area contributed by atoms with Crippen molar-refractivity contribution in [2.45, 2.75) is 18.9 Å². The molecule has 4 nitrogen and oxygen atoms in total. The molecule has 0 unspecified atom stereocenters. The highest BCUT2D eigenvalue weighted by molar-refractivity contribution is 4.98. The van der Waals surface area contributed by atoms with Gasteiger partial charge in [0, 0.05) is 19.4 Å². The number of aliphatic hydroxyl groups is 1. The van der Waals surface area contributed by atoms with E-state index in [9.17, 15) is 5.11 Å². The number of rotatable bonds is 2. The van der Waals surface area contributed by atoms with Gasteiger partial charge in [-0.2, -0.15) is 0 Å². The minimum atomic E-state index is -0.405. The third-order valence-corrected chi connectivity index (χ3v) is 2.95. The minimum absolute atomic E-state index is 0.359. The van der Waals surface area contributed by atoms with Crippen molar-refractivity contribution in [3.8, 4) is 0 Å². The van der Waals surface area contributed by atoms with Crippen molar-refractivity contribution >= 4 is 0 Å². The van der Waals surface area contributed by atoms with Crippen molar-refractivity contribution in [2.24, 2.45) is 13.0 Å². The summed E-state index contributed by atoms with van der Waals surface area (Å²) in [6.07, 6.45) is 5.28. The molecule has 1 fully saturated rings. The number of aromatic nitrogens is 2. The van der Waals surface area contributed by atoms with E-state index >= 15 is 0 Å². The quantitative estimate of drug-likeness (QED) is 0.720. The lowest BCUT2D eigenvalue weighted by molar-refractivity contribution is 0.0787. The number of aliphatic hydroxyl groups excluding tert-OH is 1. The monoisotopic (exact) mass is 195 g/mol. The van der Waals surface area contributed by atoms with Crippen LogP contribution in [0.5, 0.6) is 0 Å². The van der Waals surface area contributed by atoms with Crippen LogP contribution in [0.1, 0.15) is 24.8 Å². The van der Waals surface area contributed by atoms with E-state index in [4.69, 9.17) is 0 Å². The van der Waals surface area contributed by atoms with Crippen LogP contribution in [0.3, 0.4) is 0 Å². The summed E-state index contributed by atoms with van der Waals surface area (Å²) in [6, 6.07) is 0. The minimum Gasteiger partial charge on any atom is -0.385 e. The third-order valence-electron chi connectivity index (χ3n) is 2.95. The summed E-state index contributed by atoms with van der Waals surface area (Å²) in [5, 5.41) is 13.4. The summed E-state index contributed by atoms with van der Waals surface area (Å²) >= 11 is 0. The highest BCUT2D eigenvalue weighted by atomic mass is 16.3. The van der Waals surface area contributed by atoms with Gasteiger partial charge in [0.2, 0.25) is 0 Å². The van der Waals surface area contributed by atoms with Crippen LogP contribution in [0.2, 0.25) is 0 Å². The number of hydrogen-bond donors (Lipinski definition) is 2. The lowest BCUT2D eigenvalue weighted by Gasteiger charge is -2.26. The van der Waals surface area contributed by atoms with Crippen molar-refractivity contribution < 1.29 is 5.11 Å². The molecule has 14 heavy (non-hydrogen) atoms. The summed E-state index contributed by atoms with van der Waals surface area (Å²) in [4.78, 5) is 4.18. The maximum absolute atomic E-state index is 10.1. The van der Waals surface area contributed by atoms with Gasteiger partial charge < -0.3 is 15.0 Å². The maximum Gasteiger partial charge on any atom is 0.137 e. The van der Waals surface area contributed by atoms with Crippen LogP contribution in [-0.2, 0) is 7.05 Å². The first-order valence-electron chi connectivity index (χ1n) is 5.15. The number of piperidine rings is 1. The summed E-state index contributed by atoms with van der Waals surface area (Å²) in [7, 11) is 1.92. The topological polar surface area (TPSA) is 50.1 Å². The van der Waals surface area contributed by atoms with Crippen LogP contribution in [0.4, 0.5) is 0 Å². The molecule has 1 aromatic rings. The number of nitrogens with one attached hydrogen (secondary N) is 1. The largest absolute Gasteiger partial charge is 0.385 e. The molecule has 1 saturated heterocycles. The Hall–Kier alpha value is -0.870. The molecule has 2 N–H and O–H groups in total. The molecule has 1 aliphatic heterocycles. The van der Waals surface area contributed by atoms with E-state index in [1.807, 2.05) is 17.8 Å². The van der Waals surface area contributed by atoms with Gasteiger partial charge in [-0.25, -0.2) is 4.98 Å². The molecule has 0 aromatic carbocycles. The lowest BCUT2D eigenvalue weighted by atomic mass is 9.92. The van der Waals surface area contributed by atoms with Crippen molar-refractivity contribution in [3.05, 3.63) is 18.2 Å².